The molecule has 3 aromatic carbocycles. The highest BCUT2D eigenvalue weighted by atomic mass is 35.5. The van der Waals surface area contributed by atoms with Crippen molar-refractivity contribution in [3.05, 3.63) is 94.5 Å². The van der Waals surface area contributed by atoms with Crippen LogP contribution >= 0.6 is 11.6 Å². The van der Waals surface area contributed by atoms with E-state index in [2.05, 4.69) is 10.5 Å². The van der Waals surface area contributed by atoms with Gasteiger partial charge in [0.15, 0.2) is 0 Å². The number of anilines is 1. The smallest absolute Gasteiger partial charge is 0.271 e. The molecule has 0 saturated carbocycles. The second-order valence-corrected chi connectivity index (χ2v) is 9.26. The zero-order valence-corrected chi connectivity index (χ0v) is 19.1. The number of ether oxygens (including phenoxy) is 1. The molecule has 0 bridgehead atoms. The lowest BCUT2D eigenvalue weighted by Crippen LogP contribution is -2.29. The number of halogens is 1. The van der Waals surface area contributed by atoms with Crippen molar-refractivity contribution >= 4 is 39.4 Å². The van der Waals surface area contributed by atoms with Gasteiger partial charge in [0.1, 0.15) is 5.75 Å². The third kappa shape index (κ3) is 6.32. The number of rotatable bonds is 8. The predicted octanol–water partition coefficient (Wildman–Crippen LogP) is 4.08. The first-order valence-electron chi connectivity index (χ1n) is 9.56. The molecule has 9 heteroatoms. The Labute approximate surface area is 192 Å². The van der Waals surface area contributed by atoms with E-state index in [1.807, 2.05) is 12.1 Å². The van der Waals surface area contributed by atoms with E-state index in [1.165, 1.54) is 10.5 Å². The summed E-state index contributed by atoms with van der Waals surface area (Å²) in [5.41, 5.74) is 4.83. The van der Waals surface area contributed by atoms with Gasteiger partial charge in [-0.1, -0.05) is 23.7 Å². The fourth-order valence-electron chi connectivity index (χ4n) is 2.85. The van der Waals surface area contributed by atoms with Crippen LogP contribution in [0.15, 0.2) is 77.9 Å². The zero-order valence-electron chi connectivity index (χ0n) is 17.5. The number of hydrazone groups is 1. The van der Waals surface area contributed by atoms with Gasteiger partial charge in [0.25, 0.3) is 5.91 Å². The summed E-state index contributed by atoms with van der Waals surface area (Å²) < 4.78 is 31.0. The van der Waals surface area contributed by atoms with Gasteiger partial charge in [0, 0.05) is 10.6 Å². The van der Waals surface area contributed by atoms with Crippen molar-refractivity contribution in [2.75, 3.05) is 17.7 Å². The number of hydrogen-bond acceptors (Lipinski definition) is 5. The molecule has 0 heterocycles. The highest BCUT2D eigenvalue weighted by Crippen LogP contribution is 2.22. The first-order valence-corrected chi connectivity index (χ1v) is 11.8. The molecular weight excluding hydrogens is 450 g/mol. The molecule has 1 amide bonds. The Kier molecular flexibility index (Phi) is 7.50. The molecule has 0 atom stereocenters. The minimum absolute atomic E-state index is 0.147. The fourth-order valence-corrected chi connectivity index (χ4v) is 3.87. The third-order valence-corrected chi connectivity index (χ3v) is 5.95. The van der Waals surface area contributed by atoms with Crippen LogP contribution < -0.4 is 14.5 Å². The Morgan fingerprint density at radius 2 is 1.66 bits per heavy atom. The lowest BCUT2D eigenvalue weighted by atomic mass is 10.2. The van der Waals surface area contributed by atoms with E-state index in [0.29, 0.717) is 16.3 Å². The number of hydrogen-bond donors (Lipinski definition) is 1. The summed E-state index contributed by atoms with van der Waals surface area (Å²) in [4.78, 5) is 12.3. The Morgan fingerprint density at radius 1 is 1.03 bits per heavy atom. The minimum Gasteiger partial charge on any atom is -0.497 e. The van der Waals surface area contributed by atoms with Crippen LogP contribution in [-0.4, -0.2) is 33.9 Å². The van der Waals surface area contributed by atoms with Crippen LogP contribution in [0.25, 0.3) is 0 Å². The van der Waals surface area contributed by atoms with Gasteiger partial charge >= 0.3 is 0 Å². The van der Waals surface area contributed by atoms with Crippen molar-refractivity contribution < 1.29 is 17.9 Å². The maximum atomic E-state index is 12.3. The average Bonchev–Trinajstić information content (AvgIpc) is 2.78. The number of sulfonamides is 1. The molecule has 0 aliphatic heterocycles. The molecule has 3 aromatic rings. The average molecular weight is 472 g/mol. The first kappa shape index (κ1) is 23.3. The second-order valence-electron chi connectivity index (χ2n) is 6.92. The molecule has 0 spiro atoms. The van der Waals surface area contributed by atoms with E-state index in [1.54, 1.807) is 67.8 Å². The first-order chi connectivity index (χ1) is 15.3. The van der Waals surface area contributed by atoms with Crippen molar-refractivity contribution in [2.45, 2.75) is 6.54 Å². The van der Waals surface area contributed by atoms with Gasteiger partial charge in [-0.3, -0.25) is 9.10 Å². The SMILES string of the molecule is COc1ccc(/C=N/NC(=O)c2ccc(N(Cc3ccc(Cl)cc3)S(C)(=O)=O)cc2)cc1. The van der Waals surface area contributed by atoms with Crippen molar-refractivity contribution in [3.63, 3.8) is 0 Å². The van der Waals surface area contributed by atoms with E-state index >= 15 is 0 Å². The highest BCUT2D eigenvalue weighted by Gasteiger charge is 2.18. The summed E-state index contributed by atoms with van der Waals surface area (Å²) in [6, 6.07) is 20.4. The topological polar surface area (TPSA) is 88.1 Å². The Morgan fingerprint density at radius 3 is 2.22 bits per heavy atom. The lowest BCUT2D eigenvalue weighted by molar-refractivity contribution is 0.0955. The summed E-state index contributed by atoms with van der Waals surface area (Å²) in [6.45, 7) is 0.147. The molecule has 0 aliphatic rings. The van der Waals surface area contributed by atoms with Crippen molar-refractivity contribution in [2.24, 2.45) is 5.10 Å². The molecule has 3 rings (SSSR count). The Bertz CT molecular complexity index is 1190. The van der Waals surface area contributed by atoms with Gasteiger partial charge in [-0.15, -0.1) is 0 Å². The molecule has 166 valence electrons. The molecule has 1 N–H and O–H groups in total. The van der Waals surface area contributed by atoms with Gasteiger partial charge in [-0.05, 0) is 71.8 Å². The molecule has 7 nitrogen and oxygen atoms in total. The predicted molar refractivity (Wildman–Crippen MR) is 127 cm³/mol. The van der Waals surface area contributed by atoms with Crippen molar-refractivity contribution in [1.82, 2.24) is 5.43 Å². The molecule has 0 aromatic heterocycles. The standard InChI is InChI=1S/C23H22ClN3O4S/c1-31-22-13-5-17(6-14-22)15-25-26-23(28)19-7-11-21(12-8-19)27(32(2,29)30)16-18-3-9-20(24)10-4-18/h3-15H,16H2,1-2H3,(H,26,28)/b25-15+. The van der Waals surface area contributed by atoms with Crippen LogP contribution in [0, 0.1) is 0 Å². The number of amides is 1. The van der Waals surface area contributed by atoms with Crippen LogP contribution in [0.1, 0.15) is 21.5 Å². The second kappa shape index (κ2) is 10.3. The van der Waals surface area contributed by atoms with Crippen LogP contribution in [0.2, 0.25) is 5.02 Å². The quantitative estimate of drug-likeness (QED) is 0.396. The summed E-state index contributed by atoms with van der Waals surface area (Å²) in [5.74, 6) is 0.315. The Balaban J connectivity index is 1.69. The van der Waals surface area contributed by atoms with E-state index in [0.717, 1.165) is 23.1 Å². The monoisotopic (exact) mass is 471 g/mol. The molecule has 0 saturated heterocycles. The number of benzene rings is 3. The van der Waals surface area contributed by atoms with Gasteiger partial charge in [0.2, 0.25) is 10.0 Å². The molecule has 32 heavy (non-hydrogen) atoms. The van der Waals surface area contributed by atoms with Crippen LogP contribution in [0.4, 0.5) is 5.69 Å². The van der Waals surface area contributed by atoms with Crippen molar-refractivity contribution in [1.29, 1.82) is 0 Å². The number of nitrogens with zero attached hydrogens (tertiary/aromatic N) is 2. The number of methoxy groups -OCH3 is 1. The summed E-state index contributed by atoms with van der Waals surface area (Å²) >= 11 is 5.90. The van der Waals surface area contributed by atoms with Crippen LogP contribution in [-0.2, 0) is 16.6 Å². The van der Waals surface area contributed by atoms with Gasteiger partial charge < -0.3 is 4.74 Å². The van der Waals surface area contributed by atoms with E-state index in [-0.39, 0.29) is 6.54 Å². The molecule has 0 unspecified atom stereocenters. The maximum Gasteiger partial charge on any atom is 0.271 e. The maximum absolute atomic E-state index is 12.3. The van der Waals surface area contributed by atoms with Crippen LogP contribution in [0.3, 0.4) is 0 Å². The normalized spacial score (nSPS) is 11.3. The minimum atomic E-state index is -3.54. The zero-order chi connectivity index (χ0) is 23.1. The summed E-state index contributed by atoms with van der Waals surface area (Å²) in [6.07, 6.45) is 2.65. The third-order valence-electron chi connectivity index (χ3n) is 4.55. The molecule has 0 aliphatic carbocycles. The largest absolute Gasteiger partial charge is 0.497 e. The molecule has 0 radical (unpaired) electrons. The van der Waals surface area contributed by atoms with E-state index in [9.17, 15) is 13.2 Å². The van der Waals surface area contributed by atoms with E-state index < -0.39 is 15.9 Å². The van der Waals surface area contributed by atoms with Crippen molar-refractivity contribution in [3.8, 4) is 5.75 Å². The summed E-state index contributed by atoms with van der Waals surface area (Å²) in [7, 11) is -1.96. The lowest BCUT2D eigenvalue weighted by Gasteiger charge is -2.22. The molecular formula is C23H22ClN3O4S. The van der Waals surface area contributed by atoms with Gasteiger partial charge in [-0.25, -0.2) is 13.8 Å². The number of carbonyl (C=O) groups is 1. The van der Waals surface area contributed by atoms with E-state index in [4.69, 9.17) is 16.3 Å². The number of carbonyl (C=O) groups excluding carboxylic acids is 1. The molecule has 0 fully saturated rings. The number of nitrogens with one attached hydrogen (secondary N) is 1. The van der Waals surface area contributed by atoms with Crippen LogP contribution in [0.5, 0.6) is 5.75 Å². The Hall–Kier alpha value is -3.36. The van der Waals surface area contributed by atoms with Gasteiger partial charge in [-0.2, -0.15) is 5.10 Å². The fraction of sp³-hybridized carbons (Fsp3) is 0.130. The van der Waals surface area contributed by atoms with Gasteiger partial charge in [0.05, 0.1) is 31.8 Å². The summed E-state index contributed by atoms with van der Waals surface area (Å²) in [5, 5.41) is 4.52. The highest BCUT2D eigenvalue weighted by molar-refractivity contribution is 7.92.